The van der Waals surface area contributed by atoms with Crippen molar-refractivity contribution in [3.63, 3.8) is 0 Å². The van der Waals surface area contributed by atoms with Crippen molar-refractivity contribution in [2.75, 3.05) is 13.1 Å². The lowest BCUT2D eigenvalue weighted by molar-refractivity contribution is -0.122. The fraction of sp³-hybridized carbons (Fsp3) is 0.562. The van der Waals surface area contributed by atoms with Crippen molar-refractivity contribution in [2.45, 2.75) is 45.4 Å². The first kappa shape index (κ1) is 15.9. The van der Waals surface area contributed by atoms with Gasteiger partial charge in [0.15, 0.2) is 0 Å². The summed E-state index contributed by atoms with van der Waals surface area (Å²) in [5.74, 6) is 4.77. The van der Waals surface area contributed by atoms with Gasteiger partial charge in [-0.2, -0.15) is 0 Å². The van der Waals surface area contributed by atoms with Crippen LogP contribution in [0.4, 0.5) is 0 Å². The van der Waals surface area contributed by atoms with Crippen molar-refractivity contribution in [2.24, 2.45) is 5.84 Å². The number of benzene rings is 1. The summed E-state index contributed by atoms with van der Waals surface area (Å²) in [6, 6.07) is 8.17. The number of hydrazine groups is 1. The van der Waals surface area contributed by atoms with Gasteiger partial charge in [0, 0.05) is 19.6 Å². The smallest absolute Gasteiger partial charge is 0.241 e. The Morgan fingerprint density at radius 3 is 2.43 bits per heavy atom. The predicted octanol–water partition coefficient (Wildman–Crippen LogP) is 1.39. The van der Waals surface area contributed by atoms with E-state index in [0.29, 0.717) is 0 Å². The summed E-state index contributed by atoms with van der Waals surface area (Å²) in [4.78, 5) is 13.9. The fourth-order valence-corrected chi connectivity index (χ4v) is 2.86. The monoisotopic (exact) mass is 291 g/mol. The molecule has 0 aromatic heterocycles. The van der Waals surface area contributed by atoms with Crippen LogP contribution in [0.3, 0.4) is 0 Å². The molecule has 1 aromatic rings. The summed E-state index contributed by atoms with van der Waals surface area (Å²) in [6.45, 7) is 8.90. The van der Waals surface area contributed by atoms with Gasteiger partial charge in [-0.3, -0.25) is 15.1 Å². The number of nitrogens with two attached hydrogens (primary N) is 1. The van der Waals surface area contributed by atoms with Crippen LogP contribution >= 0.6 is 0 Å². The molecule has 0 aliphatic carbocycles. The van der Waals surface area contributed by atoms with E-state index in [2.05, 4.69) is 36.3 Å². The van der Waals surface area contributed by atoms with Gasteiger partial charge in [0.05, 0.1) is 18.1 Å². The molecule has 1 saturated heterocycles. The van der Waals surface area contributed by atoms with E-state index in [1.165, 1.54) is 5.56 Å². The van der Waals surface area contributed by atoms with Gasteiger partial charge >= 0.3 is 0 Å². The highest BCUT2D eigenvalue weighted by molar-refractivity contribution is 5.82. The van der Waals surface area contributed by atoms with Gasteiger partial charge < -0.3 is 4.74 Å². The summed E-state index contributed by atoms with van der Waals surface area (Å²) < 4.78 is 5.75. The number of carbonyl (C=O) groups excluding carboxylic acids is 1. The second-order valence-electron chi connectivity index (χ2n) is 5.92. The van der Waals surface area contributed by atoms with Crippen molar-refractivity contribution in [3.05, 3.63) is 35.4 Å². The summed E-state index contributed by atoms with van der Waals surface area (Å²) >= 11 is 0. The molecule has 1 aliphatic rings. The van der Waals surface area contributed by atoms with E-state index in [4.69, 9.17) is 10.6 Å². The summed E-state index contributed by atoms with van der Waals surface area (Å²) in [5, 5.41) is 0. The number of nitrogens with one attached hydrogen (secondary N) is 1. The van der Waals surface area contributed by atoms with Crippen LogP contribution in [0.2, 0.25) is 0 Å². The summed E-state index contributed by atoms with van der Waals surface area (Å²) in [6.07, 6.45) is 0.558. The Morgan fingerprint density at radius 1 is 1.33 bits per heavy atom. The standard InChI is InChI=1S/C16H25N3O2/c1-11-8-19(9-12(2)21-11)10-14-4-6-15(7-5-14)13(3)16(20)18-17/h4-7,11-13H,8-10,17H2,1-3H3,(H,18,20)/t11-,12+,13?. The van der Waals surface area contributed by atoms with E-state index >= 15 is 0 Å². The van der Waals surface area contributed by atoms with Crippen molar-refractivity contribution in [3.8, 4) is 0 Å². The van der Waals surface area contributed by atoms with Crippen LogP contribution in [0.5, 0.6) is 0 Å². The lowest BCUT2D eigenvalue weighted by atomic mass is 9.99. The highest BCUT2D eigenvalue weighted by atomic mass is 16.5. The maximum absolute atomic E-state index is 11.5. The highest BCUT2D eigenvalue weighted by Crippen LogP contribution is 2.18. The van der Waals surface area contributed by atoms with Crippen molar-refractivity contribution in [1.29, 1.82) is 0 Å². The number of rotatable bonds is 4. The fourth-order valence-electron chi connectivity index (χ4n) is 2.86. The number of hydrogen-bond donors (Lipinski definition) is 2. The first-order valence-electron chi connectivity index (χ1n) is 7.46. The zero-order valence-electron chi connectivity index (χ0n) is 13.0. The molecule has 1 fully saturated rings. The van der Waals surface area contributed by atoms with Crippen LogP contribution in [0, 0.1) is 0 Å². The molecule has 21 heavy (non-hydrogen) atoms. The topological polar surface area (TPSA) is 67.6 Å². The average Bonchev–Trinajstić information content (AvgIpc) is 2.45. The van der Waals surface area contributed by atoms with Crippen molar-refractivity contribution in [1.82, 2.24) is 10.3 Å². The summed E-state index contributed by atoms with van der Waals surface area (Å²) in [5.41, 5.74) is 4.42. The molecule has 0 bridgehead atoms. The Morgan fingerprint density at radius 2 is 1.90 bits per heavy atom. The number of carbonyl (C=O) groups is 1. The zero-order chi connectivity index (χ0) is 15.4. The Labute approximate surface area is 126 Å². The van der Waals surface area contributed by atoms with E-state index in [0.717, 1.165) is 25.2 Å². The second kappa shape index (κ2) is 7.02. The zero-order valence-corrected chi connectivity index (χ0v) is 13.0. The average molecular weight is 291 g/mol. The third kappa shape index (κ3) is 4.27. The molecular formula is C16H25N3O2. The van der Waals surface area contributed by atoms with E-state index in [1.54, 1.807) is 0 Å². The van der Waals surface area contributed by atoms with Crippen LogP contribution in [0.1, 0.15) is 37.8 Å². The molecule has 1 aliphatic heterocycles. The molecule has 5 heteroatoms. The maximum Gasteiger partial charge on any atom is 0.241 e. The molecule has 2 rings (SSSR count). The highest BCUT2D eigenvalue weighted by Gasteiger charge is 2.22. The molecule has 0 saturated carbocycles. The first-order valence-corrected chi connectivity index (χ1v) is 7.46. The molecule has 1 heterocycles. The van der Waals surface area contributed by atoms with Gasteiger partial charge in [-0.25, -0.2) is 5.84 Å². The molecule has 1 unspecified atom stereocenters. The number of ether oxygens (including phenoxy) is 1. The first-order chi connectivity index (χ1) is 9.99. The molecule has 3 N–H and O–H groups in total. The van der Waals surface area contributed by atoms with Gasteiger partial charge in [-0.05, 0) is 31.9 Å². The SMILES string of the molecule is CC(C(=O)NN)c1ccc(CN2C[C@@H](C)O[C@@H](C)C2)cc1. The normalized spacial score (nSPS) is 24.6. The Bertz CT molecular complexity index is 465. The minimum atomic E-state index is -0.229. The largest absolute Gasteiger partial charge is 0.373 e. The molecular weight excluding hydrogens is 266 g/mol. The lowest BCUT2D eigenvalue weighted by Crippen LogP contribution is -2.44. The van der Waals surface area contributed by atoms with Crippen LogP contribution < -0.4 is 11.3 Å². The Hall–Kier alpha value is -1.43. The van der Waals surface area contributed by atoms with Crippen LogP contribution in [0.15, 0.2) is 24.3 Å². The molecule has 116 valence electrons. The molecule has 3 atom stereocenters. The van der Waals surface area contributed by atoms with Gasteiger partial charge in [0.25, 0.3) is 0 Å². The Kier molecular flexibility index (Phi) is 5.33. The number of morpholine rings is 1. The van der Waals surface area contributed by atoms with Crippen molar-refractivity contribution >= 4 is 5.91 Å². The third-order valence-corrected chi connectivity index (χ3v) is 3.92. The summed E-state index contributed by atoms with van der Waals surface area (Å²) in [7, 11) is 0. The molecule has 0 spiro atoms. The number of nitrogens with zero attached hydrogens (tertiary/aromatic N) is 1. The van der Waals surface area contributed by atoms with Gasteiger partial charge in [0.1, 0.15) is 0 Å². The number of hydrogen-bond acceptors (Lipinski definition) is 4. The van der Waals surface area contributed by atoms with Gasteiger partial charge in [0.2, 0.25) is 5.91 Å². The minimum absolute atomic E-state index is 0.168. The third-order valence-electron chi connectivity index (χ3n) is 3.92. The molecule has 0 radical (unpaired) electrons. The van der Waals surface area contributed by atoms with Gasteiger partial charge in [-0.1, -0.05) is 24.3 Å². The van der Waals surface area contributed by atoms with Gasteiger partial charge in [-0.15, -0.1) is 0 Å². The maximum atomic E-state index is 11.5. The quantitative estimate of drug-likeness (QED) is 0.500. The van der Waals surface area contributed by atoms with E-state index in [-0.39, 0.29) is 24.0 Å². The second-order valence-corrected chi connectivity index (χ2v) is 5.92. The molecule has 1 amide bonds. The lowest BCUT2D eigenvalue weighted by Gasteiger charge is -2.35. The molecule has 1 aromatic carbocycles. The Balaban J connectivity index is 1.97. The van der Waals surface area contributed by atoms with E-state index in [9.17, 15) is 4.79 Å². The van der Waals surface area contributed by atoms with E-state index in [1.807, 2.05) is 19.1 Å². The van der Waals surface area contributed by atoms with Crippen LogP contribution in [0.25, 0.3) is 0 Å². The molecule has 5 nitrogen and oxygen atoms in total. The van der Waals surface area contributed by atoms with Crippen LogP contribution in [-0.4, -0.2) is 36.1 Å². The van der Waals surface area contributed by atoms with E-state index < -0.39 is 0 Å². The van der Waals surface area contributed by atoms with Crippen LogP contribution in [-0.2, 0) is 16.1 Å². The minimum Gasteiger partial charge on any atom is -0.373 e. The van der Waals surface area contributed by atoms with Crippen molar-refractivity contribution < 1.29 is 9.53 Å². The number of amides is 1. The predicted molar refractivity (Wildman–Crippen MR) is 82.5 cm³/mol.